The topological polar surface area (TPSA) is 91.7 Å². The lowest BCUT2D eigenvalue weighted by atomic mass is 10.1. The molecule has 1 amide bonds. The van der Waals surface area contributed by atoms with Gasteiger partial charge in [-0.1, -0.05) is 0 Å². The summed E-state index contributed by atoms with van der Waals surface area (Å²) in [4.78, 5) is 24.8. The molecule has 0 unspecified atom stereocenters. The van der Waals surface area contributed by atoms with Gasteiger partial charge in [-0.25, -0.2) is 9.48 Å². The van der Waals surface area contributed by atoms with Crippen molar-refractivity contribution < 1.29 is 45.8 Å². The molecular formula is C21H16F5N3O5. The van der Waals surface area contributed by atoms with Gasteiger partial charge in [0.15, 0.2) is 17.2 Å². The van der Waals surface area contributed by atoms with Crippen molar-refractivity contribution in [1.82, 2.24) is 9.78 Å². The van der Waals surface area contributed by atoms with Crippen LogP contribution in [-0.2, 0) is 10.9 Å². The third-order valence-corrected chi connectivity index (χ3v) is 4.45. The Kier molecular flexibility index (Phi) is 7.03. The van der Waals surface area contributed by atoms with Gasteiger partial charge in [0.25, 0.3) is 5.91 Å². The molecule has 0 spiro atoms. The van der Waals surface area contributed by atoms with Crippen LogP contribution in [0.5, 0.6) is 11.5 Å². The number of hydrogen-bond donors (Lipinski definition) is 1. The van der Waals surface area contributed by atoms with Crippen LogP contribution in [0, 0.1) is 0 Å². The molecule has 1 N–H and O–H groups in total. The van der Waals surface area contributed by atoms with Crippen molar-refractivity contribution in [2.45, 2.75) is 12.8 Å². The van der Waals surface area contributed by atoms with Gasteiger partial charge < -0.3 is 19.5 Å². The fourth-order valence-corrected chi connectivity index (χ4v) is 2.87. The summed E-state index contributed by atoms with van der Waals surface area (Å²) >= 11 is 0. The zero-order chi connectivity index (χ0) is 25.0. The molecule has 0 saturated heterocycles. The number of amides is 1. The number of carbonyl (C=O) groups is 2. The second-order valence-corrected chi connectivity index (χ2v) is 6.56. The highest BCUT2D eigenvalue weighted by atomic mass is 19.4. The normalized spacial score (nSPS) is 11.3. The molecular weight excluding hydrogens is 469 g/mol. The molecule has 8 nitrogen and oxygen atoms in total. The lowest BCUT2D eigenvalue weighted by Gasteiger charge is -2.15. The number of hydrogen-bond acceptors (Lipinski definition) is 6. The minimum atomic E-state index is -4.60. The highest BCUT2D eigenvalue weighted by Gasteiger charge is 2.33. The number of esters is 1. The first-order valence-electron chi connectivity index (χ1n) is 9.33. The number of ether oxygens (including phenoxy) is 3. The van der Waals surface area contributed by atoms with E-state index in [0.29, 0.717) is 0 Å². The molecule has 34 heavy (non-hydrogen) atoms. The zero-order valence-corrected chi connectivity index (χ0v) is 17.5. The highest BCUT2D eigenvalue weighted by molar-refractivity contribution is 6.08. The Hall–Kier alpha value is -4.16. The van der Waals surface area contributed by atoms with E-state index in [9.17, 15) is 31.5 Å². The Labute approximate surface area is 188 Å². The van der Waals surface area contributed by atoms with E-state index in [1.54, 1.807) is 0 Å². The number of nitrogens with one attached hydrogen (secondary N) is 1. The van der Waals surface area contributed by atoms with Gasteiger partial charge in [0.05, 0.1) is 31.2 Å². The first kappa shape index (κ1) is 24.5. The van der Waals surface area contributed by atoms with Crippen LogP contribution in [0.4, 0.5) is 27.6 Å². The van der Waals surface area contributed by atoms with Gasteiger partial charge in [-0.15, -0.1) is 0 Å². The van der Waals surface area contributed by atoms with Crippen LogP contribution in [0.3, 0.4) is 0 Å². The van der Waals surface area contributed by atoms with E-state index in [1.165, 1.54) is 31.4 Å². The maximum atomic E-state index is 12.7. The molecule has 3 aromatic rings. The Balaban J connectivity index is 1.88. The number of alkyl halides is 5. The van der Waals surface area contributed by atoms with E-state index in [0.717, 1.165) is 36.2 Å². The van der Waals surface area contributed by atoms with Gasteiger partial charge in [-0.3, -0.25) is 4.79 Å². The quantitative estimate of drug-likeness (QED) is 0.390. The molecule has 3 rings (SSSR count). The third kappa shape index (κ3) is 5.42. The maximum Gasteiger partial charge on any atom is 0.435 e. The van der Waals surface area contributed by atoms with Gasteiger partial charge in [0, 0.05) is 23.9 Å². The molecule has 0 aliphatic carbocycles. The molecule has 0 atom stereocenters. The number of benzene rings is 2. The molecule has 0 fully saturated rings. The van der Waals surface area contributed by atoms with Gasteiger partial charge in [-0.2, -0.15) is 27.1 Å². The summed E-state index contributed by atoms with van der Waals surface area (Å²) in [5, 5.41) is 5.84. The summed E-state index contributed by atoms with van der Waals surface area (Å²) in [7, 11) is 2.26. The van der Waals surface area contributed by atoms with E-state index < -0.39 is 36.1 Å². The second kappa shape index (κ2) is 9.77. The Morgan fingerprint density at radius 3 is 2.24 bits per heavy atom. The standard InChI is InChI=1S/C21H16F5N3O5/c1-32-15-9-13(19(31)33-2)14(10-16(15)34-20(22)23)27-18(30)11-3-5-12(6-4-11)29-8-7-17(28-29)21(24,25)26/h3-10,20H,1-2H3,(H,27,30). The maximum absolute atomic E-state index is 12.7. The molecule has 1 heterocycles. The van der Waals surface area contributed by atoms with Gasteiger partial charge in [0.1, 0.15) is 0 Å². The minimum Gasteiger partial charge on any atom is -0.493 e. The monoisotopic (exact) mass is 485 g/mol. The largest absolute Gasteiger partial charge is 0.493 e. The summed E-state index contributed by atoms with van der Waals surface area (Å²) in [6, 6.07) is 8.15. The lowest BCUT2D eigenvalue weighted by Crippen LogP contribution is -2.16. The van der Waals surface area contributed by atoms with Crippen LogP contribution < -0.4 is 14.8 Å². The molecule has 0 aliphatic rings. The molecule has 180 valence electrons. The Morgan fingerprint density at radius 2 is 1.71 bits per heavy atom. The minimum absolute atomic E-state index is 0.0508. The van der Waals surface area contributed by atoms with Crippen LogP contribution >= 0.6 is 0 Å². The third-order valence-electron chi connectivity index (χ3n) is 4.45. The molecule has 0 saturated carbocycles. The van der Waals surface area contributed by atoms with Crippen molar-refractivity contribution in [3.63, 3.8) is 0 Å². The number of methoxy groups -OCH3 is 2. The molecule has 0 aliphatic heterocycles. The second-order valence-electron chi connectivity index (χ2n) is 6.56. The number of halogens is 5. The first-order valence-corrected chi connectivity index (χ1v) is 9.33. The highest BCUT2D eigenvalue weighted by Crippen LogP contribution is 2.35. The van der Waals surface area contributed by atoms with Crippen LogP contribution in [-0.4, -0.2) is 42.5 Å². The number of aromatic nitrogens is 2. The van der Waals surface area contributed by atoms with E-state index in [4.69, 9.17) is 4.74 Å². The summed E-state index contributed by atoms with van der Waals surface area (Å²) in [6.45, 7) is -3.20. The first-order chi connectivity index (χ1) is 16.0. The van der Waals surface area contributed by atoms with Crippen LogP contribution in [0.2, 0.25) is 0 Å². The number of anilines is 1. The fraction of sp³-hybridized carbons (Fsp3) is 0.190. The van der Waals surface area contributed by atoms with Gasteiger partial charge in [0.2, 0.25) is 0 Å². The molecule has 2 aromatic carbocycles. The number of rotatable bonds is 7. The van der Waals surface area contributed by atoms with Gasteiger partial charge in [-0.05, 0) is 30.3 Å². The van der Waals surface area contributed by atoms with Crippen molar-refractivity contribution in [3.8, 4) is 17.2 Å². The summed E-state index contributed by atoms with van der Waals surface area (Å²) in [5.41, 5.74) is -1.17. The fourth-order valence-electron chi connectivity index (χ4n) is 2.87. The molecule has 1 aromatic heterocycles. The Morgan fingerprint density at radius 1 is 1.03 bits per heavy atom. The van der Waals surface area contributed by atoms with Crippen molar-refractivity contribution in [1.29, 1.82) is 0 Å². The van der Waals surface area contributed by atoms with Crippen molar-refractivity contribution in [2.75, 3.05) is 19.5 Å². The van der Waals surface area contributed by atoms with E-state index in [-0.39, 0.29) is 28.3 Å². The Bertz CT molecular complexity index is 1190. The predicted octanol–water partition coefficient (Wildman–Crippen LogP) is 4.54. The van der Waals surface area contributed by atoms with Crippen molar-refractivity contribution in [3.05, 3.63) is 65.5 Å². The van der Waals surface area contributed by atoms with Crippen molar-refractivity contribution >= 4 is 17.6 Å². The number of carbonyl (C=O) groups excluding carboxylic acids is 2. The molecule has 0 bridgehead atoms. The van der Waals surface area contributed by atoms with E-state index in [2.05, 4.69) is 19.9 Å². The smallest absolute Gasteiger partial charge is 0.435 e. The summed E-state index contributed by atoms with van der Waals surface area (Å²) < 4.78 is 78.6. The average molecular weight is 485 g/mol. The van der Waals surface area contributed by atoms with E-state index in [1.807, 2.05) is 0 Å². The summed E-state index contributed by atoms with van der Waals surface area (Å²) in [5.74, 6) is -2.26. The van der Waals surface area contributed by atoms with Crippen molar-refractivity contribution in [2.24, 2.45) is 0 Å². The van der Waals surface area contributed by atoms with Crippen LogP contribution in [0.15, 0.2) is 48.7 Å². The predicted molar refractivity (Wildman–Crippen MR) is 107 cm³/mol. The lowest BCUT2D eigenvalue weighted by molar-refractivity contribution is -0.141. The zero-order valence-electron chi connectivity index (χ0n) is 17.5. The molecule has 13 heteroatoms. The SMILES string of the molecule is COC(=O)c1cc(OC)c(OC(F)F)cc1NC(=O)c1ccc(-n2ccc(C(F)(F)F)n2)cc1. The molecule has 0 radical (unpaired) electrons. The average Bonchev–Trinajstić information content (AvgIpc) is 3.29. The van der Waals surface area contributed by atoms with Gasteiger partial charge >= 0.3 is 18.8 Å². The number of nitrogens with zero attached hydrogens (tertiary/aromatic N) is 2. The summed E-state index contributed by atoms with van der Waals surface area (Å²) in [6.07, 6.45) is -3.49. The van der Waals surface area contributed by atoms with Crippen LogP contribution in [0.25, 0.3) is 5.69 Å². The van der Waals surface area contributed by atoms with Crippen LogP contribution in [0.1, 0.15) is 26.4 Å². The van der Waals surface area contributed by atoms with E-state index >= 15 is 0 Å².